The molecule has 1 amide bonds. The number of benzene rings is 1. The summed E-state index contributed by atoms with van der Waals surface area (Å²) in [6, 6.07) is 6.73. The van der Waals surface area contributed by atoms with Gasteiger partial charge in [0.05, 0.1) is 13.2 Å². The van der Waals surface area contributed by atoms with E-state index in [1.807, 2.05) is 6.07 Å². The Labute approximate surface area is 170 Å². The molecule has 2 fully saturated rings. The summed E-state index contributed by atoms with van der Waals surface area (Å²) in [4.78, 5) is 22.9. The van der Waals surface area contributed by atoms with Crippen molar-refractivity contribution in [2.45, 2.75) is 12.7 Å². The van der Waals surface area contributed by atoms with Crippen LogP contribution in [-0.2, 0) is 25.6 Å². The van der Waals surface area contributed by atoms with Gasteiger partial charge >= 0.3 is 12.1 Å². The lowest BCUT2D eigenvalue weighted by Crippen LogP contribution is -2.44. The number of likely N-dealkylation sites (tertiary alicyclic amines) is 1. The Morgan fingerprint density at radius 3 is 2.70 bits per heavy atom. The topological polar surface area (TPSA) is 88.1 Å². The zero-order valence-corrected chi connectivity index (χ0v) is 16.4. The molecule has 30 heavy (non-hydrogen) atoms. The molecular weight excluding hydrogens is 412 g/mol. The van der Waals surface area contributed by atoms with Crippen molar-refractivity contribution in [1.82, 2.24) is 10.2 Å². The third kappa shape index (κ3) is 6.64. The fourth-order valence-corrected chi connectivity index (χ4v) is 3.66. The fourth-order valence-electron chi connectivity index (χ4n) is 3.66. The average molecular weight is 436 g/mol. The largest absolute Gasteiger partial charge is 0.490 e. The zero-order valence-electron chi connectivity index (χ0n) is 16.4. The van der Waals surface area contributed by atoms with E-state index in [1.54, 1.807) is 12.1 Å². The Kier molecular flexibility index (Phi) is 8.16. The Hall–Kier alpha value is -2.24. The molecule has 0 aromatic heterocycles. The van der Waals surface area contributed by atoms with Crippen LogP contribution in [0.1, 0.15) is 5.56 Å². The number of nitrogens with one attached hydrogen (secondary N) is 1. The van der Waals surface area contributed by atoms with Crippen molar-refractivity contribution >= 4 is 11.9 Å². The lowest BCUT2D eigenvalue weighted by atomic mass is 9.81. The first-order chi connectivity index (χ1) is 14.1. The average Bonchev–Trinajstić information content (AvgIpc) is 3.17. The van der Waals surface area contributed by atoms with E-state index in [4.69, 9.17) is 19.4 Å². The van der Waals surface area contributed by atoms with Gasteiger partial charge in [0, 0.05) is 44.6 Å². The van der Waals surface area contributed by atoms with Gasteiger partial charge < -0.3 is 19.9 Å². The molecule has 2 saturated heterocycles. The Morgan fingerprint density at radius 1 is 1.40 bits per heavy atom. The van der Waals surface area contributed by atoms with E-state index in [1.165, 1.54) is 13.2 Å². The van der Waals surface area contributed by atoms with E-state index in [0.29, 0.717) is 19.1 Å². The minimum absolute atomic E-state index is 0.0449. The molecule has 1 aromatic rings. The number of aliphatic carboxylic acids is 1. The van der Waals surface area contributed by atoms with Crippen LogP contribution in [-0.4, -0.2) is 74.6 Å². The molecule has 3 rings (SSSR count). The maximum atomic E-state index is 13.3. The SMILES string of the molecule is COCC(=O)NC[C@]12COC[C@H]1CN(Cc1cccc(F)c1)C2.O=C(O)C(F)(F)F. The molecule has 0 bridgehead atoms. The van der Waals surface area contributed by atoms with Crippen LogP contribution in [0.3, 0.4) is 0 Å². The zero-order chi connectivity index (χ0) is 22.4. The molecule has 0 unspecified atom stereocenters. The van der Waals surface area contributed by atoms with Gasteiger partial charge in [0.1, 0.15) is 12.4 Å². The van der Waals surface area contributed by atoms with E-state index in [0.717, 1.165) is 31.8 Å². The minimum Gasteiger partial charge on any atom is -0.475 e. The molecule has 2 aliphatic heterocycles. The number of amides is 1. The highest BCUT2D eigenvalue weighted by atomic mass is 19.4. The first-order valence-electron chi connectivity index (χ1n) is 9.16. The number of hydrogen-bond donors (Lipinski definition) is 2. The van der Waals surface area contributed by atoms with Gasteiger partial charge in [0.2, 0.25) is 5.91 Å². The molecule has 7 nitrogen and oxygen atoms in total. The number of halogens is 4. The molecule has 2 atom stereocenters. The number of nitrogens with zero attached hydrogens (tertiary/aromatic N) is 1. The second-order valence-corrected chi connectivity index (χ2v) is 7.39. The molecule has 0 saturated carbocycles. The molecule has 1 aromatic carbocycles. The molecule has 0 spiro atoms. The molecule has 168 valence electrons. The number of alkyl halides is 3. The summed E-state index contributed by atoms with van der Waals surface area (Å²) in [7, 11) is 1.51. The molecule has 2 N–H and O–H groups in total. The molecular formula is C19H24F4N2O5. The van der Waals surface area contributed by atoms with Gasteiger partial charge in [-0.25, -0.2) is 9.18 Å². The van der Waals surface area contributed by atoms with Crippen molar-refractivity contribution in [3.8, 4) is 0 Å². The van der Waals surface area contributed by atoms with E-state index in [2.05, 4.69) is 10.2 Å². The number of carboxylic acids is 1. The van der Waals surface area contributed by atoms with Crippen molar-refractivity contribution in [3.63, 3.8) is 0 Å². The van der Waals surface area contributed by atoms with E-state index < -0.39 is 12.1 Å². The van der Waals surface area contributed by atoms with Gasteiger partial charge in [-0.05, 0) is 17.7 Å². The van der Waals surface area contributed by atoms with Crippen molar-refractivity contribution in [2.24, 2.45) is 11.3 Å². The van der Waals surface area contributed by atoms with Crippen molar-refractivity contribution in [1.29, 1.82) is 0 Å². The van der Waals surface area contributed by atoms with Crippen molar-refractivity contribution in [3.05, 3.63) is 35.6 Å². The molecule has 0 aliphatic carbocycles. The number of hydrogen-bond acceptors (Lipinski definition) is 5. The number of carbonyl (C=O) groups excluding carboxylic acids is 1. The Bertz CT molecular complexity index is 746. The first kappa shape index (κ1) is 24.0. The maximum absolute atomic E-state index is 13.3. The van der Waals surface area contributed by atoms with Crippen molar-refractivity contribution < 1.29 is 41.7 Å². The second kappa shape index (κ2) is 10.2. The quantitative estimate of drug-likeness (QED) is 0.660. The highest BCUT2D eigenvalue weighted by Gasteiger charge is 2.50. The number of rotatable bonds is 6. The Balaban J connectivity index is 0.000000396. The number of ether oxygens (including phenoxy) is 2. The predicted molar refractivity (Wildman–Crippen MR) is 97.0 cm³/mol. The van der Waals surface area contributed by atoms with Crippen LogP contribution in [0.4, 0.5) is 17.6 Å². The number of carbonyl (C=O) groups is 2. The number of methoxy groups -OCH3 is 1. The first-order valence-corrected chi connectivity index (χ1v) is 9.16. The van der Waals surface area contributed by atoms with Gasteiger partial charge in [0.15, 0.2) is 0 Å². The van der Waals surface area contributed by atoms with Crippen molar-refractivity contribution in [2.75, 3.05) is 46.6 Å². The second-order valence-electron chi connectivity index (χ2n) is 7.39. The summed E-state index contributed by atoms with van der Waals surface area (Å²) >= 11 is 0. The van der Waals surface area contributed by atoms with Crippen LogP contribution in [0.5, 0.6) is 0 Å². The highest BCUT2D eigenvalue weighted by molar-refractivity contribution is 5.77. The Morgan fingerprint density at radius 2 is 2.10 bits per heavy atom. The van der Waals surface area contributed by atoms with Crippen LogP contribution in [0.2, 0.25) is 0 Å². The summed E-state index contributed by atoms with van der Waals surface area (Å²) < 4.78 is 55.6. The highest BCUT2D eigenvalue weighted by Crippen LogP contribution is 2.41. The summed E-state index contributed by atoms with van der Waals surface area (Å²) in [6.45, 7) is 4.54. The van der Waals surface area contributed by atoms with Crippen LogP contribution < -0.4 is 5.32 Å². The van der Waals surface area contributed by atoms with Gasteiger partial charge in [-0.2, -0.15) is 13.2 Å². The number of carboxylic acid groups (broad SMARTS) is 1. The normalized spacial score (nSPS) is 23.4. The summed E-state index contributed by atoms with van der Waals surface area (Å²) in [5.74, 6) is -2.66. The van der Waals surface area contributed by atoms with Crippen LogP contribution in [0.15, 0.2) is 24.3 Å². The number of fused-ring (bicyclic) bond motifs is 1. The van der Waals surface area contributed by atoms with Gasteiger partial charge in [-0.3, -0.25) is 9.69 Å². The lowest BCUT2D eigenvalue weighted by Gasteiger charge is -2.27. The fraction of sp³-hybridized carbons (Fsp3) is 0.579. The molecule has 2 heterocycles. The maximum Gasteiger partial charge on any atom is 0.490 e. The van der Waals surface area contributed by atoms with E-state index in [9.17, 15) is 22.4 Å². The van der Waals surface area contributed by atoms with Crippen LogP contribution >= 0.6 is 0 Å². The smallest absolute Gasteiger partial charge is 0.475 e. The monoisotopic (exact) mass is 436 g/mol. The minimum atomic E-state index is -5.08. The van der Waals surface area contributed by atoms with Gasteiger partial charge in [-0.1, -0.05) is 12.1 Å². The molecule has 0 radical (unpaired) electrons. The van der Waals surface area contributed by atoms with Crippen LogP contribution in [0.25, 0.3) is 0 Å². The summed E-state index contributed by atoms with van der Waals surface area (Å²) in [5.41, 5.74) is 0.931. The van der Waals surface area contributed by atoms with E-state index in [-0.39, 0.29) is 23.7 Å². The molecule has 2 aliphatic rings. The standard InChI is InChI=1S/C17H23FN2O3.C2HF3O2/c1-22-9-16(21)19-10-17-11-20(7-14(17)8-23-12-17)6-13-3-2-4-15(18)5-13;3-2(4,5)1(6)7/h2-5,14H,6-12H2,1H3,(H,19,21);(H,6,7)/t14-,17+;/m1./s1. The summed E-state index contributed by atoms with van der Waals surface area (Å²) in [6.07, 6.45) is -5.08. The van der Waals surface area contributed by atoms with Gasteiger partial charge in [0.25, 0.3) is 0 Å². The third-order valence-electron chi connectivity index (χ3n) is 5.04. The predicted octanol–water partition coefficient (Wildman–Crippen LogP) is 1.67. The third-order valence-corrected chi connectivity index (χ3v) is 5.04. The summed E-state index contributed by atoms with van der Waals surface area (Å²) in [5, 5.41) is 10.1. The van der Waals surface area contributed by atoms with Crippen LogP contribution in [0, 0.1) is 17.2 Å². The van der Waals surface area contributed by atoms with E-state index >= 15 is 0 Å². The molecule has 11 heteroatoms. The van der Waals surface area contributed by atoms with Gasteiger partial charge in [-0.15, -0.1) is 0 Å². The lowest BCUT2D eigenvalue weighted by molar-refractivity contribution is -0.192.